The van der Waals surface area contributed by atoms with Gasteiger partial charge in [-0.3, -0.25) is 4.79 Å². The van der Waals surface area contributed by atoms with Gasteiger partial charge in [-0.15, -0.1) is 0 Å². The molecule has 0 aliphatic rings. The molecule has 1 N–H and O–H groups in total. The molecule has 0 unspecified atom stereocenters. The van der Waals surface area contributed by atoms with Crippen LogP contribution in [0, 0.1) is 0 Å². The predicted molar refractivity (Wildman–Crippen MR) is 24.1 cm³/mol. The first-order valence-corrected chi connectivity index (χ1v) is 3.34. The molecule has 0 aliphatic carbocycles. The van der Waals surface area contributed by atoms with Crippen LogP contribution in [0.25, 0.3) is 0 Å². The summed E-state index contributed by atoms with van der Waals surface area (Å²) < 4.78 is 0. The number of carbonyl (C=O) groups is 1. The molecule has 0 heterocycles. The molecule has 0 aromatic rings. The second-order valence-electron chi connectivity index (χ2n) is 0.924. The van der Waals surface area contributed by atoms with Crippen molar-refractivity contribution in [2.24, 2.45) is 0 Å². The van der Waals surface area contributed by atoms with E-state index in [0.717, 1.165) is 0 Å². The van der Waals surface area contributed by atoms with Crippen LogP contribution in [0.2, 0.25) is 12.6 Å². The van der Waals surface area contributed by atoms with Crippen molar-refractivity contribution in [1.82, 2.24) is 0 Å². The van der Waals surface area contributed by atoms with Crippen molar-refractivity contribution in [3.05, 3.63) is 0 Å². The maximum Gasteiger partial charge on any atom is 0.300 e. The van der Waals surface area contributed by atoms with Gasteiger partial charge in [0.15, 0.2) is 0 Å². The quantitative estimate of drug-likeness (QED) is 0.507. The first kappa shape index (κ1) is 5.69. The molecule has 0 saturated heterocycles. The van der Waals surface area contributed by atoms with Crippen LogP contribution in [-0.2, 0) is 4.79 Å². The summed E-state index contributed by atoms with van der Waals surface area (Å²) in [5.41, 5.74) is 0. The molecule has 0 aliphatic heterocycles. The Kier molecular flexibility index (Phi) is 2.75. The van der Waals surface area contributed by atoms with Gasteiger partial charge in [0, 0.05) is 15.6 Å². The average Bonchev–Trinajstić information content (AvgIpc) is 1.35. The van der Waals surface area contributed by atoms with E-state index in [1.165, 1.54) is 0 Å². The molecule has 34 valence electrons. The lowest BCUT2D eigenvalue weighted by Crippen LogP contribution is -1.95. The molecule has 0 spiro atoms. The van der Waals surface area contributed by atoms with Crippen LogP contribution in [0.5, 0.6) is 0 Å². The van der Waals surface area contributed by atoms with Crippen LogP contribution < -0.4 is 0 Å². The maximum absolute atomic E-state index is 9.61. The van der Waals surface area contributed by atoms with Crippen molar-refractivity contribution < 1.29 is 9.90 Å². The fourth-order valence-electron chi connectivity index (χ4n) is 0.151. The lowest BCUT2D eigenvalue weighted by molar-refractivity contribution is -0.134. The van der Waals surface area contributed by atoms with Gasteiger partial charge in [-0.2, -0.15) is 0 Å². The van der Waals surface area contributed by atoms with E-state index < -0.39 is 5.97 Å². The molecule has 0 atom stereocenters. The maximum atomic E-state index is 9.61. The Balaban J connectivity index is 2.83. The van der Waals surface area contributed by atoms with Gasteiger partial charge in [-0.05, 0) is 0 Å². The molecule has 0 bridgehead atoms. The Morgan fingerprint density at radius 2 is 2.50 bits per heavy atom. The number of hydrogen-bond donors (Lipinski definition) is 1. The third-order valence-corrected chi connectivity index (χ3v) is 0.984. The molecule has 0 fully saturated rings. The predicted octanol–water partition coefficient (Wildman–Crippen LogP) is 0.242. The highest BCUT2D eigenvalue weighted by Gasteiger charge is 1.88. The number of carboxylic acids is 1. The van der Waals surface area contributed by atoms with Crippen molar-refractivity contribution in [2.45, 2.75) is 12.6 Å². The smallest absolute Gasteiger partial charge is 0.300 e. The number of aliphatic carboxylic acids is 1. The molecule has 6 heavy (non-hydrogen) atoms. The normalized spacial score (nSPS) is 8.17. The van der Waals surface area contributed by atoms with Crippen LogP contribution in [0.1, 0.15) is 0 Å². The molecule has 3 heteroatoms. The summed E-state index contributed by atoms with van der Waals surface area (Å²) in [7, 11) is 0.539. The summed E-state index contributed by atoms with van der Waals surface area (Å²) in [6.07, 6.45) is 0. The van der Waals surface area contributed by atoms with Crippen LogP contribution >= 0.6 is 0 Å². The Hall–Kier alpha value is -0.313. The Bertz CT molecular complexity index is 52.8. The standard InChI is InChI=1S/C3H6O2Si/c1-6-2-3(4)5/h2H2,1H3,(H,4,5). The molecule has 0 aromatic carbocycles. The molecule has 2 nitrogen and oxygen atoms in total. The SMILES string of the molecule is C[Si]CC(=O)O. The highest BCUT2D eigenvalue weighted by atomic mass is 28.2. The second-order valence-corrected chi connectivity index (χ2v) is 1.98. The topological polar surface area (TPSA) is 37.3 Å². The summed E-state index contributed by atoms with van der Waals surface area (Å²) in [6, 6.07) is 0.319. The third kappa shape index (κ3) is 3.69. The molecule has 0 aromatic heterocycles. The Morgan fingerprint density at radius 3 is 2.50 bits per heavy atom. The molecule has 0 saturated carbocycles. The van der Waals surface area contributed by atoms with E-state index in [-0.39, 0.29) is 0 Å². The van der Waals surface area contributed by atoms with Crippen molar-refractivity contribution in [3.8, 4) is 0 Å². The highest BCUT2D eigenvalue weighted by Crippen LogP contribution is 1.72. The van der Waals surface area contributed by atoms with E-state index in [0.29, 0.717) is 15.6 Å². The minimum atomic E-state index is -0.698. The van der Waals surface area contributed by atoms with Crippen molar-refractivity contribution >= 4 is 15.5 Å². The van der Waals surface area contributed by atoms with Crippen LogP contribution in [0.15, 0.2) is 0 Å². The minimum absolute atomic E-state index is 0.319. The Labute approximate surface area is 39.0 Å². The zero-order valence-corrected chi connectivity index (χ0v) is 4.56. The summed E-state index contributed by atoms with van der Waals surface area (Å²) in [5.74, 6) is -0.698. The zero-order chi connectivity index (χ0) is 4.99. The van der Waals surface area contributed by atoms with E-state index in [9.17, 15) is 4.79 Å². The van der Waals surface area contributed by atoms with Gasteiger partial charge >= 0.3 is 0 Å². The van der Waals surface area contributed by atoms with E-state index in [1.807, 2.05) is 6.55 Å². The Morgan fingerprint density at radius 1 is 2.00 bits per heavy atom. The lowest BCUT2D eigenvalue weighted by Gasteiger charge is -1.78. The first-order chi connectivity index (χ1) is 2.77. The van der Waals surface area contributed by atoms with Gasteiger partial charge in [0.1, 0.15) is 0 Å². The van der Waals surface area contributed by atoms with Gasteiger partial charge in [-0.25, -0.2) is 0 Å². The fourth-order valence-corrected chi connectivity index (χ4v) is 0.454. The van der Waals surface area contributed by atoms with Gasteiger partial charge in [0.2, 0.25) is 0 Å². The summed E-state index contributed by atoms with van der Waals surface area (Å²) in [5, 5.41) is 7.92. The van der Waals surface area contributed by atoms with Crippen molar-refractivity contribution in [2.75, 3.05) is 0 Å². The van der Waals surface area contributed by atoms with E-state index >= 15 is 0 Å². The molecular formula is C3H6O2Si. The molecule has 2 radical (unpaired) electrons. The number of rotatable bonds is 2. The molecular weight excluding hydrogens is 96.1 g/mol. The van der Waals surface area contributed by atoms with E-state index in [2.05, 4.69) is 0 Å². The van der Waals surface area contributed by atoms with Crippen LogP contribution in [0.4, 0.5) is 0 Å². The minimum Gasteiger partial charge on any atom is -0.481 e. The molecule has 0 rings (SSSR count). The van der Waals surface area contributed by atoms with Crippen LogP contribution in [-0.4, -0.2) is 20.6 Å². The second kappa shape index (κ2) is 2.90. The van der Waals surface area contributed by atoms with Gasteiger partial charge in [0.25, 0.3) is 5.97 Å². The van der Waals surface area contributed by atoms with Crippen molar-refractivity contribution in [3.63, 3.8) is 0 Å². The highest BCUT2D eigenvalue weighted by molar-refractivity contribution is 6.38. The van der Waals surface area contributed by atoms with Crippen molar-refractivity contribution in [1.29, 1.82) is 0 Å². The van der Waals surface area contributed by atoms with Crippen LogP contribution in [0.3, 0.4) is 0 Å². The van der Waals surface area contributed by atoms with Gasteiger partial charge in [-0.1, -0.05) is 6.55 Å². The number of hydrogen-bond acceptors (Lipinski definition) is 1. The van der Waals surface area contributed by atoms with Gasteiger partial charge < -0.3 is 5.11 Å². The lowest BCUT2D eigenvalue weighted by atomic mass is 10.8. The first-order valence-electron chi connectivity index (χ1n) is 1.63. The summed E-state index contributed by atoms with van der Waals surface area (Å²) >= 11 is 0. The summed E-state index contributed by atoms with van der Waals surface area (Å²) in [4.78, 5) is 9.61. The summed E-state index contributed by atoms with van der Waals surface area (Å²) in [6.45, 7) is 1.87. The average molecular weight is 102 g/mol. The van der Waals surface area contributed by atoms with E-state index in [4.69, 9.17) is 5.11 Å². The van der Waals surface area contributed by atoms with Gasteiger partial charge in [0.05, 0.1) is 0 Å². The number of carboxylic acid groups (broad SMARTS) is 1. The largest absolute Gasteiger partial charge is 0.481 e. The van der Waals surface area contributed by atoms with E-state index in [1.54, 1.807) is 0 Å². The zero-order valence-electron chi connectivity index (χ0n) is 3.56. The third-order valence-electron chi connectivity index (χ3n) is 0.328. The fraction of sp³-hybridized carbons (Fsp3) is 0.667. The monoisotopic (exact) mass is 102 g/mol. The molecule has 0 amide bonds.